The molecule has 150 valence electrons. The molecule has 4 aromatic rings. The SMILES string of the molecule is Cc1c(-c2[nH]c3ccc(C4CNCCN4)nc3c2C(C)C)cn2ncnc2c1C. The van der Waals surface area contributed by atoms with Gasteiger partial charge >= 0.3 is 0 Å². The number of aryl methyl sites for hydroxylation is 1. The molecule has 1 fully saturated rings. The maximum Gasteiger partial charge on any atom is 0.158 e. The molecule has 4 aromatic heterocycles. The summed E-state index contributed by atoms with van der Waals surface area (Å²) in [5.41, 5.74) is 10.1. The first-order valence-electron chi connectivity index (χ1n) is 10.3. The van der Waals surface area contributed by atoms with E-state index in [1.54, 1.807) is 6.33 Å². The summed E-state index contributed by atoms with van der Waals surface area (Å²) in [4.78, 5) is 13.2. The van der Waals surface area contributed by atoms with Crippen LogP contribution in [0.5, 0.6) is 0 Å². The first-order chi connectivity index (χ1) is 14.0. The summed E-state index contributed by atoms with van der Waals surface area (Å²) in [5, 5.41) is 11.4. The first kappa shape index (κ1) is 18.3. The second-order valence-corrected chi connectivity index (χ2v) is 8.23. The van der Waals surface area contributed by atoms with Crippen molar-refractivity contribution >= 4 is 16.7 Å². The zero-order chi connectivity index (χ0) is 20.1. The van der Waals surface area contributed by atoms with Gasteiger partial charge in [0.05, 0.1) is 28.5 Å². The van der Waals surface area contributed by atoms with E-state index in [2.05, 4.69) is 71.7 Å². The van der Waals surface area contributed by atoms with Crippen molar-refractivity contribution in [3.05, 3.63) is 47.0 Å². The van der Waals surface area contributed by atoms with Crippen LogP contribution in [0.1, 0.15) is 48.2 Å². The van der Waals surface area contributed by atoms with Crippen molar-refractivity contribution in [3.8, 4) is 11.3 Å². The molecule has 7 heteroatoms. The Labute approximate surface area is 170 Å². The summed E-state index contributed by atoms with van der Waals surface area (Å²) in [6, 6.07) is 4.55. The highest BCUT2D eigenvalue weighted by Crippen LogP contribution is 2.37. The minimum Gasteiger partial charge on any atom is -0.353 e. The maximum atomic E-state index is 5.10. The second-order valence-electron chi connectivity index (χ2n) is 8.23. The summed E-state index contributed by atoms with van der Waals surface area (Å²) in [6.45, 7) is 11.6. The molecule has 3 N–H and O–H groups in total. The standard InChI is InChI=1S/C22H27N7/c1-12(2)19-20(15-10-29-22(25-11-26-29)14(4)13(15)3)28-17-6-5-16(27-21(17)19)18-9-23-7-8-24-18/h5-6,10-12,18,23-24,28H,7-9H2,1-4H3. The third kappa shape index (κ3) is 2.92. The van der Waals surface area contributed by atoms with Crippen LogP contribution >= 0.6 is 0 Å². The molecule has 7 nitrogen and oxygen atoms in total. The number of aromatic nitrogens is 5. The minimum absolute atomic E-state index is 0.252. The summed E-state index contributed by atoms with van der Waals surface area (Å²) in [5.74, 6) is 0.338. The molecular weight excluding hydrogens is 362 g/mol. The number of aromatic amines is 1. The lowest BCUT2D eigenvalue weighted by molar-refractivity contribution is 0.424. The lowest BCUT2D eigenvalue weighted by Gasteiger charge is -2.24. The van der Waals surface area contributed by atoms with Crippen LogP contribution in [0.25, 0.3) is 27.9 Å². The van der Waals surface area contributed by atoms with E-state index in [4.69, 9.17) is 4.98 Å². The van der Waals surface area contributed by atoms with E-state index in [1.807, 2.05) is 4.52 Å². The fourth-order valence-corrected chi connectivity index (χ4v) is 4.39. The number of H-pyrrole nitrogens is 1. The Kier molecular flexibility index (Phi) is 4.37. The molecule has 1 aliphatic heterocycles. The Bertz CT molecular complexity index is 1200. The normalized spacial score (nSPS) is 17.6. The van der Waals surface area contributed by atoms with Crippen molar-refractivity contribution in [3.63, 3.8) is 0 Å². The third-order valence-corrected chi connectivity index (χ3v) is 6.07. The fraction of sp³-hybridized carbons (Fsp3) is 0.409. The number of hydrogen-bond acceptors (Lipinski definition) is 5. The van der Waals surface area contributed by atoms with Crippen molar-refractivity contribution in [2.24, 2.45) is 0 Å². The van der Waals surface area contributed by atoms with Gasteiger partial charge in [0.1, 0.15) is 6.33 Å². The van der Waals surface area contributed by atoms with Crippen LogP contribution in [0.2, 0.25) is 0 Å². The van der Waals surface area contributed by atoms with Gasteiger partial charge in [-0.05, 0) is 43.0 Å². The molecule has 1 aliphatic rings. The molecule has 0 amide bonds. The maximum absolute atomic E-state index is 5.10. The lowest BCUT2D eigenvalue weighted by Crippen LogP contribution is -2.42. The fourth-order valence-electron chi connectivity index (χ4n) is 4.39. The summed E-state index contributed by atoms with van der Waals surface area (Å²) in [6.07, 6.45) is 3.69. The lowest BCUT2D eigenvalue weighted by atomic mass is 9.95. The van der Waals surface area contributed by atoms with Crippen LogP contribution in [-0.2, 0) is 0 Å². The Morgan fingerprint density at radius 2 is 2.00 bits per heavy atom. The van der Waals surface area contributed by atoms with E-state index in [1.165, 1.54) is 11.1 Å². The van der Waals surface area contributed by atoms with Gasteiger partial charge in [-0.1, -0.05) is 13.8 Å². The monoisotopic (exact) mass is 389 g/mol. The molecule has 1 saturated heterocycles. The van der Waals surface area contributed by atoms with Crippen molar-refractivity contribution in [1.82, 2.24) is 35.2 Å². The Morgan fingerprint density at radius 1 is 1.14 bits per heavy atom. The summed E-state index contributed by atoms with van der Waals surface area (Å²) in [7, 11) is 0. The highest BCUT2D eigenvalue weighted by molar-refractivity contribution is 5.89. The number of piperazine rings is 1. The molecule has 0 aliphatic carbocycles. The van der Waals surface area contributed by atoms with Crippen molar-refractivity contribution in [2.45, 2.75) is 39.7 Å². The van der Waals surface area contributed by atoms with E-state index < -0.39 is 0 Å². The molecule has 1 unspecified atom stereocenters. The molecule has 0 spiro atoms. The zero-order valence-corrected chi connectivity index (χ0v) is 17.4. The van der Waals surface area contributed by atoms with Gasteiger partial charge in [0.15, 0.2) is 5.65 Å². The molecule has 0 radical (unpaired) electrons. The third-order valence-electron chi connectivity index (χ3n) is 6.07. The van der Waals surface area contributed by atoms with Gasteiger partial charge in [-0.2, -0.15) is 5.10 Å². The highest BCUT2D eigenvalue weighted by atomic mass is 15.3. The van der Waals surface area contributed by atoms with E-state index in [9.17, 15) is 0 Å². The number of fused-ring (bicyclic) bond motifs is 2. The van der Waals surface area contributed by atoms with E-state index in [0.717, 1.165) is 58.8 Å². The molecule has 5 rings (SSSR count). The van der Waals surface area contributed by atoms with E-state index in [-0.39, 0.29) is 6.04 Å². The van der Waals surface area contributed by atoms with Gasteiger partial charge in [-0.15, -0.1) is 0 Å². The van der Waals surface area contributed by atoms with E-state index >= 15 is 0 Å². The van der Waals surface area contributed by atoms with Crippen LogP contribution < -0.4 is 10.6 Å². The zero-order valence-electron chi connectivity index (χ0n) is 17.4. The van der Waals surface area contributed by atoms with Crippen molar-refractivity contribution in [2.75, 3.05) is 19.6 Å². The number of hydrogen-bond donors (Lipinski definition) is 3. The Morgan fingerprint density at radius 3 is 2.76 bits per heavy atom. The molecule has 1 atom stereocenters. The van der Waals surface area contributed by atoms with Crippen LogP contribution in [0.15, 0.2) is 24.7 Å². The van der Waals surface area contributed by atoms with Crippen LogP contribution in [-0.4, -0.2) is 44.2 Å². The minimum atomic E-state index is 0.252. The van der Waals surface area contributed by atoms with Gasteiger partial charge in [-0.3, -0.25) is 0 Å². The van der Waals surface area contributed by atoms with E-state index in [0.29, 0.717) is 5.92 Å². The average molecular weight is 390 g/mol. The number of nitrogens with zero attached hydrogens (tertiary/aromatic N) is 4. The van der Waals surface area contributed by atoms with Crippen LogP contribution in [0.4, 0.5) is 0 Å². The van der Waals surface area contributed by atoms with Crippen molar-refractivity contribution < 1.29 is 0 Å². The molecular formula is C22H27N7. The average Bonchev–Trinajstić information content (AvgIpc) is 3.35. The van der Waals surface area contributed by atoms with Crippen LogP contribution in [0.3, 0.4) is 0 Å². The van der Waals surface area contributed by atoms with Gasteiger partial charge in [0.2, 0.25) is 0 Å². The van der Waals surface area contributed by atoms with Gasteiger partial charge in [-0.25, -0.2) is 14.5 Å². The molecule has 0 bridgehead atoms. The number of pyridine rings is 2. The molecule has 0 aromatic carbocycles. The molecule has 5 heterocycles. The predicted molar refractivity (Wildman–Crippen MR) is 115 cm³/mol. The first-order valence-corrected chi connectivity index (χ1v) is 10.3. The Hall–Kier alpha value is -2.77. The summed E-state index contributed by atoms with van der Waals surface area (Å²) < 4.78 is 1.86. The quantitative estimate of drug-likeness (QED) is 0.501. The number of nitrogens with one attached hydrogen (secondary N) is 3. The van der Waals surface area contributed by atoms with Gasteiger partial charge in [0.25, 0.3) is 0 Å². The second kappa shape index (κ2) is 6.93. The largest absolute Gasteiger partial charge is 0.353 e. The summed E-state index contributed by atoms with van der Waals surface area (Å²) >= 11 is 0. The topological polar surface area (TPSA) is 82.9 Å². The highest BCUT2D eigenvalue weighted by Gasteiger charge is 2.23. The van der Waals surface area contributed by atoms with Crippen molar-refractivity contribution in [1.29, 1.82) is 0 Å². The Balaban J connectivity index is 1.72. The predicted octanol–water partition coefficient (Wildman–Crippen LogP) is 3.25. The van der Waals surface area contributed by atoms with Gasteiger partial charge in [0, 0.05) is 37.0 Å². The number of rotatable bonds is 3. The van der Waals surface area contributed by atoms with Gasteiger partial charge < -0.3 is 15.6 Å². The molecule has 0 saturated carbocycles. The smallest absolute Gasteiger partial charge is 0.158 e. The van der Waals surface area contributed by atoms with Crippen LogP contribution in [0, 0.1) is 13.8 Å². The molecule has 29 heavy (non-hydrogen) atoms.